The van der Waals surface area contributed by atoms with E-state index in [1.807, 2.05) is 7.05 Å². The zero-order valence-corrected chi connectivity index (χ0v) is 11.8. The zero-order chi connectivity index (χ0) is 12.1. The molecule has 0 aliphatic rings. The monoisotopic (exact) mass is 309 g/mol. The minimum absolute atomic E-state index is 0.870. The molecular formula is C12H12BrN3S. The first kappa shape index (κ1) is 12.5. The van der Waals surface area contributed by atoms with E-state index in [9.17, 15) is 0 Å². The molecule has 0 unspecified atom stereocenters. The Morgan fingerprint density at radius 3 is 2.88 bits per heavy atom. The Kier molecular flexibility index (Phi) is 4.53. The second-order valence-corrected chi connectivity index (χ2v) is 5.36. The summed E-state index contributed by atoms with van der Waals surface area (Å²) in [6.45, 7) is 0.870. The summed E-state index contributed by atoms with van der Waals surface area (Å²) in [7, 11) is 1.94. The molecule has 1 heterocycles. The molecule has 2 rings (SSSR count). The van der Waals surface area contributed by atoms with Crippen LogP contribution in [-0.2, 0) is 6.54 Å². The van der Waals surface area contributed by atoms with Gasteiger partial charge < -0.3 is 5.32 Å². The molecule has 0 radical (unpaired) electrons. The van der Waals surface area contributed by atoms with Crippen LogP contribution in [-0.4, -0.2) is 17.0 Å². The number of hydrogen-bond donors (Lipinski definition) is 1. The largest absolute Gasteiger partial charge is 0.316 e. The van der Waals surface area contributed by atoms with Crippen LogP contribution in [0.2, 0.25) is 0 Å². The van der Waals surface area contributed by atoms with Crippen LogP contribution < -0.4 is 5.32 Å². The molecule has 0 fully saturated rings. The summed E-state index contributed by atoms with van der Waals surface area (Å²) in [6.07, 6.45) is 5.14. The molecule has 1 aromatic carbocycles. The van der Waals surface area contributed by atoms with Crippen LogP contribution in [0.3, 0.4) is 0 Å². The Hall–Kier alpha value is -0.910. The Balaban J connectivity index is 2.17. The van der Waals surface area contributed by atoms with Crippen molar-refractivity contribution >= 4 is 27.7 Å². The number of hydrogen-bond acceptors (Lipinski definition) is 4. The van der Waals surface area contributed by atoms with Crippen LogP contribution in [0.5, 0.6) is 0 Å². The highest BCUT2D eigenvalue weighted by molar-refractivity contribution is 9.10. The Labute approximate surface area is 113 Å². The number of benzene rings is 1. The molecule has 0 saturated heterocycles. The van der Waals surface area contributed by atoms with Crippen LogP contribution >= 0.6 is 27.7 Å². The molecule has 0 spiro atoms. The maximum atomic E-state index is 4.24. The first-order valence-corrected chi connectivity index (χ1v) is 6.77. The molecule has 1 N–H and O–H groups in total. The summed E-state index contributed by atoms with van der Waals surface area (Å²) in [5.74, 6) is 0. The first-order valence-electron chi connectivity index (χ1n) is 5.16. The third-order valence-electron chi connectivity index (χ3n) is 2.13. The van der Waals surface area contributed by atoms with Gasteiger partial charge in [0.15, 0.2) is 0 Å². The minimum Gasteiger partial charge on any atom is -0.316 e. The smallest absolute Gasteiger partial charge is 0.119 e. The van der Waals surface area contributed by atoms with Gasteiger partial charge in [-0.05, 0) is 40.7 Å². The fraction of sp³-hybridized carbons (Fsp3) is 0.167. The molecule has 0 atom stereocenters. The van der Waals surface area contributed by atoms with Crippen LogP contribution in [0.15, 0.2) is 51.2 Å². The van der Waals surface area contributed by atoms with Gasteiger partial charge in [-0.2, -0.15) is 0 Å². The average Bonchev–Trinajstić information content (AvgIpc) is 2.34. The highest BCUT2D eigenvalue weighted by atomic mass is 79.9. The van der Waals surface area contributed by atoms with Gasteiger partial charge in [0, 0.05) is 28.3 Å². The predicted octanol–water partition coefficient (Wildman–Crippen LogP) is 3.11. The van der Waals surface area contributed by atoms with E-state index in [0.717, 1.165) is 20.9 Å². The van der Waals surface area contributed by atoms with Gasteiger partial charge in [0.2, 0.25) is 0 Å². The molecule has 0 bridgehead atoms. The fourth-order valence-electron chi connectivity index (χ4n) is 1.39. The number of aromatic nitrogens is 2. The van der Waals surface area contributed by atoms with Gasteiger partial charge in [-0.1, -0.05) is 17.8 Å². The van der Waals surface area contributed by atoms with Gasteiger partial charge in [0.05, 0.1) is 6.20 Å². The van der Waals surface area contributed by atoms with Crippen molar-refractivity contribution in [2.45, 2.75) is 16.5 Å². The predicted molar refractivity (Wildman–Crippen MR) is 73.1 cm³/mol. The maximum Gasteiger partial charge on any atom is 0.119 e. The van der Waals surface area contributed by atoms with Gasteiger partial charge in [0.1, 0.15) is 5.03 Å². The molecule has 1 aromatic heterocycles. The van der Waals surface area contributed by atoms with Crippen molar-refractivity contribution in [1.82, 2.24) is 15.3 Å². The van der Waals surface area contributed by atoms with Crippen molar-refractivity contribution < 1.29 is 0 Å². The summed E-state index contributed by atoms with van der Waals surface area (Å²) < 4.78 is 1.08. The molecule has 0 aliphatic carbocycles. The fourth-order valence-corrected chi connectivity index (χ4v) is 2.81. The Morgan fingerprint density at radius 1 is 1.35 bits per heavy atom. The molecule has 0 amide bonds. The van der Waals surface area contributed by atoms with Crippen LogP contribution in [0, 0.1) is 0 Å². The van der Waals surface area contributed by atoms with Gasteiger partial charge in [0.25, 0.3) is 0 Å². The maximum absolute atomic E-state index is 4.24. The zero-order valence-electron chi connectivity index (χ0n) is 9.35. The van der Waals surface area contributed by atoms with Crippen LogP contribution in [0.1, 0.15) is 5.56 Å². The van der Waals surface area contributed by atoms with Gasteiger partial charge in [-0.15, -0.1) is 0 Å². The number of halogens is 1. The Bertz CT molecular complexity index is 490. The van der Waals surface area contributed by atoms with E-state index in [0.29, 0.717) is 0 Å². The highest BCUT2D eigenvalue weighted by Gasteiger charge is 2.04. The topological polar surface area (TPSA) is 37.8 Å². The van der Waals surface area contributed by atoms with E-state index in [-0.39, 0.29) is 0 Å². The average molecular weight is 310 g/mol. The molecular weight excluding hydrogens is 298 g/mol. The SMILES string of the molecule is CNCc1ccc(Sc2cnccn2)c(Br)c1. The van der Waals surface area contributed by atoms with E-state index < -0.39 is 0 Å². The number of nitrogens with one attached hydrogen (secondary N) is 1. The van der Waals surface area contributed by atoms with Crippen LogP contribution in [0.4, 0.5) is 0 Å². The summed E-state index contributed by atoms with van der Waals surface area (Å²) in [6, 6.07) is 6.32. The van der Waals surface area contributed by atoms with Crippen molar-refractivity contribution in [3.05, 3.63) is 46.8 Å². The van der Waals surface area contributed by atoms with E-state index in [1.54, 1.807) is 30.4 Å². The molecule has 0 saturated carbocycles. The molecule has 0 aliphatic heterocycles. The quantitative estimate of drug-likeness (QED) is 0.941. The standard InChI is InChI=1S/C12H12BrN3S/c1-14-7-9-2-3-11(10(13)6-9)17-12-8-15-4-5-16-12/h2-6,8,14H,7H2,1H3. The van der Waals surface area contributed by atoms with Crippen molar-refractivity contribution in [1.29, 1.82) is 0 Å². The molecule has 5 heteroatoms. The van der Waals surface area contributed by atoms with Gasteiger partial charge in [-0.25, -0.2) is 4.98 Å². The summed E-state index contributed by atoms with van der Waals surface area (Å²) >= 11 is 5.18. The number of nitrogens with zero attached hydrogens (tertiary/aromatic N) is 2. The summed E-state index contributed by atoms with van der Waals surface area (Å²) in [4.78, 5) is 9.43. The lowest BCUT2D eigenvalue weighted by atomic mass is 10.2. The Morgan fingerprint density at radius 2 is 2.24 bits per heavy atom. The second kappa shape index (κ2) is 6.14. The van der Waals surface area contributed by atoms with E-state index in [2.05, 4.69) is 49.4 Å². The molecule has 88 valence electrons. The lowest BCUT2D eigenvalue weighted by Gasteiger charge is -2.06. The van der Waals surface area contributed by atoms with Crippen molar-refractivity contribution in [3.63, 3.8) is 0 Å². The molecule has 3 nitrogen and oxygen atoms in total. The first-order chi connectivity index (χ1) is 8.29. The lowest BCUT2D eigenvalue weighted by Crippen LogP contribution is -2.04. The van der Waals surface area contributed by atoms with Crippen LogP contribution in [0.25, 0.3) is 0 Å². The third kappa shape index (κ3) is 3.52. The third-order valence-corrected chi connectivity index (χ3v) is 4.05. The van der Waals surface area contributed by atoms with Gasteiger partial charge in [-0.3, -0.25) is 4.98 Å². The minimum atomic E-state index is 0.870. The normalized spacial score (nSPS) is 10.5. The van der Waals surface area contributed by atoms with Crippen molar-refractivity contribution in [2.24, 2.45) is 0 Å². The van der Waals surface area contributed by atoms with E-state index >= 15 is 0 Å². The van der Waals surface area contributed by atoms with Crippen molar-refractivity contribution in [3.8, 4) is 0 Å². The number of rotatable bonds is 4. The summed E-state index contributed by atoms with van der Waals surface area (Å²) in [5, 5.41) is 4.03. The van der Waals surface area contributed by atoms with E-state index in [4.69, 9.17) is 0 Å². The summed E-state index contributed by atoms with van der Waals surface area (Å²) in [5.41, 5.74) is 1.25. The van der Waals surface area contributed by atoms with Crippen molar-refractivity contribution in [2.75, 3.05) is 7.05 Å². The lowest BCUT2D eigenvalue weighted by molar-refractivity contribution is 0.816. The second-order valence-electron chi connectivity index (χ2n) is 3.44. The molecule has 17 heavy (non-hydrogen) atoms. The molecule has 2 aromatic rings. The van der Waals surface area contributed by atoms with Gasteiger partial charge >= 0.3 is 0 Å². The van der Waals surface area contributed by atoms with E-state index in [1.165, 1.54) is 5.56 Å². The highest BCUT2D eigenvalue weighted by Crippen LogP contribution is 2.32.